The fourth-order valence-electron chi connectivity index (χ4n) is 2.77. The van der Waals surface area contributed by atoms with Crippen LogP contribution in [0.25, 0.3) is 11.1 Å². The summed E-state index contributed by atoms with van der Waals surface area (Å²) in [5.41, 5.74) is 5.72. The fourth-order valence-corrected chi connectivity index (χ4v) is 2.77. The molecule has 2 aromatic carbocycles. The van der Waals surface area contributed by atoms with Crippen molar-refractivity contribution >= 4 is 6.16 Å². The molecule has 0 amide bonds. The molecule has 0 fully saturated rings. The summed E-state index contributed by atoms with van der Waals surface area (Å²) in [5.74, 6) is 0. The molecule has 0 heterocycles. The Morgan fingerprint density at radius 1 is 1.11 bits per heavy atom. The Kier molecular flexibility index (Phi) is 2.75. The minimum absolute atomic E-state index is 0.505. The van der Waals surface area contributed by atoms with Gasteiger partial charge in [0.1, 0.15) is 6.10 Å². The molecule has 19 heavy (non-hydrogen) atoms. The first-order chi connectivity index (χ1) is 9.16. The van der Waals surface area contributed by atoms with Crippen molar-refractivity contribution < 1.29 is 14.6 Å². The van der Waals surface area contributed by atoms with E-state index in [2.05, 4.69) is 18.2 Å². The minimum Gasteiger partial charge on any atom is -0.424 e. The van der Waals surface area contributed by atoms with E-state index in [1.807, 2.05) is 24.3 Å². The number of ether oxygens (including phenoxy) is 1. The zero-order chi connectivity index (χ0) is 13.4. The van der Waals surface area contributed by atoms with Gasteiger partial charge in [-0.25, -0.2) is 0 Å². The van der Waals surface area contributed by atoms with Gasteiger partial charge >= 0.3 is 6.16 Å². The molecule has 0 saturated heterocycles. The van der Waals surface area contributed by atoms with Crippen LogP contribution in [0.15, 0.2) is 42.5 Å². The molecule has 0 saturated carbocycles. The van der Waals surface area contributed by atoms with Crippen LogP contribution in [-0.2, 0) is 16.3 Å². The molecule has 3 nitrogen and oxygen atoms in total. The molecule has 1 unspecified atom stereocenters. The highest BCUT2D eigenvalue weighted by molar-refractivity contribution is 5.78. The predicted molar refractivity (Wildman–Crippen MR) is 70.3 cm³/mol. The van der Waals surface area contributed by atoms with Crippen LogP contribution in [0.3, 0.4) is 0 Å². The maximum atomic E-state index is 10.6. The summed E-state index contributed by atoms with van der Waals surface area (Å²) < 4.78 is 4.77. The van der Waals surface area contributed by atoms with Gasteiger partial charge in [0.25, 0.3) is 0 Å². The first-order valence-corrected chi connectivity index (χ1v) is 6.24. The fraction of sp³-hybridized carbons (Fsp3) is 0.188. The second-order valence-electron chi connectivity index (χ2n) is 4.72. The van der Waals surface area contributed by atoms with Crippen LogP contribution in [0.2, 0.25) is 0 Å². The van der Waals surface area contributed by atoms with Gasteiger partial charge in [-0.15, -0.1) is 0 Å². The van der Waals surface area contributed by atoms with Gasteiger partial charge in [-0.2, -0.15) is 9.90 Å². The molecule has 95 valence electrons. The number of rotatable bonds is 2. The number of fused-ring (bicyclic) bond motifs is 3. The van der Waals surface area contributed by atoms with E-state index >= 15 is 0 Å². The molecule has 1 aliphatic rings. The molecule has 0 aliphatic heterocycles. The maximum absolute atomic E-state index is 10.6. The van der Waals surface area contributed by atoms with E-state index in [0.29, 0.717) is 0 Å². The second kappa shape index (κ2) is 4.43. The Morgan fingerprint density at radius 3 is 2.63 bits per heavy atom. The predicted octanol–water partition coefficient (Wildman–Crippen LogP) is 3.89. The molecular weight excluding hydrogens is 240 g/mol. The Bertz CT molecular complexity index is 646. The Labute approximate surface area is 111 Å². The van der Waals surface area contributed by atoms with Crippen molar-refractivity contribution in [2.75, 3.05) is 0 Å². The summed E-state index contributed by atoms with van der Waals surface area (Å²) in [4.78, 5) is 10.6. The van der Waals surface area contributed by atoms with Crippen LogP contribution in [0.5, 0.6) is 0 Å². The molecule has 1 aliphatic carbocycles. The van der Waals surface area contributed by atoms with E-state index in [1.165, 1.54) is 16.7 Å². The topological polar surface area (TPSA) is 46.2 Å². The molecule has 0 aromatic heterocycles. The van der Waals surface area contributed by atoms with E-state index < -0.39 is 12.3 Å². The van der Waals surface area contributed by atoms with Gasteiger partial charge in [-0.05, 0) is 41.2 Å². The molecule has 3 rings (SSSR count). The molecular formula is C16H13O3. The average molecular weight is 253 g/mol. The molecule has 0 N–H and O–H groups in total. The minimum atomic E-state index is -1.49. The van der Waals surface area contributed by atoms with Crippen molar-refractivity contribution in [3.05, 3.63) is 59.2 Å². The standard InChI is InChI=1S/C16H13O3/c1-10(19-16(17)18)12-7-4-8-14-13-6-3-2-5-11(13)9-15(12)14/h2-8,10H,9H2,1H3. The zero-order valence-electron chi connectivity index (χ0n) is 10.6. The van der Waals surface area contributed by atoms with E-state index in [0.717, 1.165) is 17.5 Å². The zero-order valence-corrected chi connectivity index (χ0v) is 10.6. The Morgan fingerprint density at radius 2 is 1.84 bits per heavy atom. The molecule has 3 heteroatoms. The first kappa shape index (κ1) is 11.8. The maximum Gasteiger partial charge on any atom is 0.550 e. The normalized spacial score (nSPS) is 13.5. The Balaban J connectivity index is 2.06. The van der Waals surface area contributed by atoms with Crippen LogP contribution in [0.1, 0.15) is 29.7 Å². The van der Waals surface area contributed by atoms with E-state index in [4.69, 9.17) is 4.74 Å². The van der Waals surface area contributed by atoms with Gasteiger partial charge in [0.2, 0.25) is 0 Å². The van der Waals surface area contributed by atoms with Crippen LogP contribution in [0.4, 0.5) is 4.79 Å². The number of benzene rings is 2. The lowest BCUT2D eigenvalue weighted by Gasteiger charge is -2.14. The van der Waals surface area contributed by atoms with Crippen LogP contribution >= 0.6 is 0 Å². The lowest BCUT2D eigenvalue weighted by molar-refractivity contribution is 0.0379. The summed E-state index contributed by atoms with van der Waals surface area (Å²) in [6.07, 6.45) is -1.17. The van der Waals surface area contributed by atoms with Crippen molar-refractivity contribution in [1.29, 1.82) is 0 Å². The monoisotopic (exact) mass is 253 g/mol. The van der Waals surface area contributed by atoms with Crippen LogP contribution < -0.4 is 0 Å². The largest absolute Gasteiger partial charge is 0.550 e. The molecule has 0 spiro atoms. The summed E-state index contributed by atoms with van der Waals surface area (Å²) in [5, 5.41) is 10.6. The Hall–Kier alpha value is -2.29. The van der Waals surface area contributed by atoms with Crippen molar-refractivity contribution in [3.8, 4) is 11.1 Å². The van der Waals surface area contributed by atoms with Gasteiger partial charge in [-0.1, -0.05) is 42.5 Å². The number of hydrogen-bond donors (Lipinski definition) is 0. The van der Waals surface area contributed by atoms with Gasteiger partial charge < -0.3 is 4.74 Å². The third-order valence-corrected chi connectivity index (χ3v) is 3.60. The third kappa shape index (κ3) is 1.97. The van der Waals surface area contributed by atoms with E-state index in [1.54, 1.807) is 6.92 Å². The smallest absolute Gasteiger partial charge is 0.424 e. The van der Waals surface area contributed by atoms with Crippen LogP contribution in [0, 0.1) is 0 Å². The highest BCUT2D eigenvalue weighted by atomic mass is 16.7. The van der Waals surface area contributed by atoms with Gasteiger partial charge in [0.05, 0.1) is 0 Å². The molecule has 2 aromatic rings. The van der Waals surface area contributed by atoms with Gasteiger partial charge in [0.15, 0.2) is 0 Å². The summed E-state index contributed by atoms with van der Waals surface area (Å²) >= 11 is 0. The number of carbonyl (C=O) groups excluding carboxylic acids is 1. The molecule has 1 radical (unpaired) electrons. The highest BCUT2D eigenvalue weighted by Crippen LogP contribution is 2.40. The van der Waals surface area contributed by atoms with Crippen molar-refractivity contribution in [1.82, 2.24) is 0 Å². The highest BCUT2D eigenvalue weighted by Gasteiger charge is 2.24. The molecule has 1 atom stereocenters. The van der Waals surface area contributed by atoms with Crippen LogP contribution in [-0.4, -0.2) is 6.16 Å². The number of hydrogen-bond acceptors (Lipinski definition) is 2. The summed E-state index contributed by atoms with van der Waals surface area (Å²) in [6.45, 7) is 1.73. The van der Waals surface area contributed by atoms with Gasteiger partial charge in [-0.3, -0.25) is 0 Å². The van der Waals surface area contributed by atoms with Crippen molar-refractivity contribution in [3.63, 3.8) is 0 Å². The quantitative estimate of drug-likeness (QED) is 0.650. The van der Waals surface area contributed by atoms with E-state index in [9.17, 15) is 9.90 Å². The average Bonchev–Trinajstić information content (AvgIpc) is 2.76. The number of carbonyl (C=O) groups is 1. The molecule has 0 bridgehead atoms. The lowest BCUT2D eigenvalue weighted by atomic mass is 9.98. The first-order valence-electron chi connectivity index (χ1n) is 6.24. The lowest BCUT2D eigenvalue weighted by Crippen LogP contribution is -2.07. The van der Waals surface area contributed by atoms with Gasteiger partial charge in [0, 0.05) is 0 Å². The summed E-state index contributed by atoms with van der Waals surface area (Å²) in [7, 11) is 0. The third-order valence-electron chi connectivity index (χ3n) is 3.60. The SMILES string of the molecule is CC(OC([O])=O)c1cccc2c1Cc1ccccc1-2. The van der Waals surface area contributed by atoms with E-state index in [-0.39, 0.29) is 0 Å². The van der Waals surface area contributed by atoms with Crippen molar-refractivity contribution in [2.24, 2.45) is 0 Å². The summed E-state index contributed by atoms with van der Waals surface area (Å²) in [6, 6.07) is 14.1. The van der Waals surface area contributed by atoms with Crippen molar-refractivity contribution in [2.45, 2.75) is 19.4 Å². The second-order valence-corrected chi connectivity index (χ2v) is 4.72.